The molecule has 2 atom stereocenters. The van der Waals surface area contributed by atoms with Crippen LogP contribution in [0.5, 0.6) is 0 Å². The van der Waals surface area contributed by atoms with Crippen LogP contribution in [-0.4, -0.2) is 17.1 Å². The fourth-order valence-electron chi connectivity index (χ4n) is 5.10. The van der Waals surface area contributed by atoms with E-state index in [0.29, 0.717) is 5.92 Å². The van der Waals surface area contributed by atoms with E-state index in [0.717, 1.165) is 42.2 Å². The van der Waals surface area contributed by atoms with E-state index in [9.17, 15) is 13.9 Å². The Morgan fingerprint density at radius 3 is 2.00 bits per heavy atom. The molecule has 1 nitrogen and oxygen atoms in total. The summed E-state index contributed by atoms with van der Waals surface area (Å²) in [5.74, 6) is 0.246. The Kier molecular flexibility index (Phi) is 6.35. The molecule has 0 bridgehead atoms. The molecule has 1 N–H and O–H groups in total. The zero-order valence-electron chi connectivity index (χ0n) is 15.6. The first kappa shape index (κ1) is 19.1. The summed E-state index contributed by atoms with van der Waals surface area (Å²) in [6, 6.07) is 0. The van der Waals surface area contributed by atoms with E-state index >= 15 is 0 Å². The third kappa shape index (κ3) is 4.93. The smallest absolute Gasteiger partial charge is 0.261 e. The highest BCUT2D eigenvalue weighted by Gasteiger charge is 2.37. The van der Waals surface area contributed by atoms with Crippen molar-refractivity contribution < 1.29 is 13.9 Å². The summed E-state index contributed by atoms with van der Waals surface area (Å²) >= 11 is 0. The fraction of sp³-hybridized carbons (Fsp3) is 0.818. The number of allylic oxidation sites excluding steroid dienone is 2. The Bertz CT molecular complexity index is 480. The molecule has 3 aliphatic rings. The summed E-state index contributed by atoms with van der Waals surface area (Å²) in [4.78, 5) is 0. The van der Waals surface area contributed by atoms with Crippen LogP contribution in [0.1, 0.15) is 77.6 Å². The zero-order valence-corrected chi connectivity index (χ0v) is 15.6. The molecule has 142 valence electrons. The van der Waals surface area contributed by atoms with Gasteiger partial charge < -0.3 is 5.11 Å². The van der Waals surface area contributed by atoms with Gasteiger partial charge in [0.25, 0.3) is 5.85 Å². The van der Waals surface area contributed by atoms with Crippen molar-refractivity contribution in [3.8, 4) is 0 Å². The molecule has 0 aromatic carbocycles. The number of alkyl halides is 2. The molecule has 2 fully saturated rings. The summed E-state index contributed by atoms with van der Waals surface area (Å²) in [5.41, 5.74) is 0.881. The Morgan fingerprint density at radius 2 is 1.48 bits per heavy atom. The van der Waals surface area contributed by atoms with E-state index in [4.69, 9.17) is 0 Å². The normalized spacial score (nSPS) is 42.2. The zero-order chi connectivity index (χ0) is 17.9. The molecule has 0 amide bonds. The van der Waals surface area contributed by atoms with Crippen LogP contribution in [0.15, 0.2) is 23.8 Å². The highest BCUT2D eigenvalue weighted by Crippen LogP contribution is 2.40. The Hall–Kier alpha value is -0.700. The van der Waals surface area contributed by atoms with Gasteiger partial charge in [-0.05, 0) is 67.1 Å². The average Bonchev–Trinajstić information content (AvgIpc) is 2.63. The molecular weight excluding hydrogens is 318 g/mol. The molecule has 25 heavy (non-hydrogen) atoms. The molecule has 0 aromatic rings. The van der Waals surface area contributed by atoms with Gasteiger partial charge in [0, 0.05) is 0 Å². The van der Waals surface area contributed by atoms with Gasteiger partial charge in [-0.3, -0.25) is 0 Å². The van der Waals surface area contributed by atoms with Crippen molar-refractivity contribution >= 4 is 0 Å². The van der Waals surface area contributed by atoms with E-state index in [2.05, 4.69) is 6.92 Å². The van der Waals surface area contributed by atoms with Gasteiger partial charge >= 0.3 is 0 Å². The van der Waals surface area contributed by atoms with Gasteiger partial charge in [-0.2, -0.15) is 0 Å². The molecule has 3 aliphatic carbocycles. The van der Waals surface area contributed by atoms with Crippen LogP contribution in [0.4, 0.5) is 8.78 Å². The van der Waals surface area contributed by atoms with Crippen LogP contribution >= 0.6 is 0 Å². The maximum atomic E-state index is 13.7. The minimum Gasteiger partial charge on any atom is -0.356 e. The third-order valence-corrected chi connectivity index (χ3v) is 7.08. The SMILES string of the molecule is CCC1CCC(CCC2CCC(C3=CC(F)C(O)(F)C=C3)CC2)CC1. The van der Waals surface area contributed by atoms with Gasteiger partial charge in [-0.1, -0.05) is 57.9 Å². The number of hydrogen-bond acceptors (Lipinski definition) is 1. The molecule has 3 rings (SSSR count). The molecule has 0 spiro atoms. The van der Waals surface area contributed by atoms with Crippen LogP contribution in [0.25, 0.3) is 0 Å². The maximum Gasteiger partial charge on any atom is 0.261 e. The second-order valence-corrected chi connectivity index (χ2v) is 8.72. The number of aliphatic hydroxyl groups is 1. The largest absolute Gasteiger partial charge is 0.356 e. The minimum atomic E-state index is -2.82. The molecule has 0 aromatic heterocycles. The minimum absolute atomic E-state index is 0.335. The first-order valence-electron chi connectivity index (χ1n) is 10.4. The van der Waals surface area contributed by atoms with Crippen molar-refractivity contribution in [2.75, 3.05) is 0 Å². The van der Waals surface area contributed by atoms with Crippen LogP contribution in [0, 0.1) is 23.7 Å². The van der Waals surface area contributed by atoms with Crippen molar-refractivity contribution in [2.24, 2.45) is 23.7 Å². The van der Waals surface area contributed by atoms with Gasteiger partial charge in [0.2, 0.25) is 0 Å². The molecule has 3 heteroatoms. The second-order valence-electron chi connectivity index (χ2n) is 8.72. The lowest BCUT2D eigenvalue weighted by molar-refractivity contribution is -0.0871. The Morgan fingerprint density at radius 1 is 0.960 bits per heavy atom. The van der Waals surface area contributed by atoms with Gasteiger partial charge in [0.15, 0.2) is 6.17 Å². The molecule has 0 radical (unpaired) electrons. The quantitative estimate of drug-likeness (QED) is 0.617. The van der Waals surface area contributed by atoms with Crippen molar-refractivity contribution in [3.63, 3.8) is 0 Å². The molecule has 0 heterocycles. The Balaban J connectivity index is 1.39. The molecule has 0 aliphatic heterocycles. The van der Waals surface area contributed by atoms with E-state index < -0.39 is 12.0 Å². The summed E-state index contributed by atoms with van der Waals surface area (Å²) < 4.78 is 27.1. The van der Waals surface area contributed by atoms with Crippen LogP contribution in [0.2, 0.25) is 0 Å². The lowest BCUT2D eigenvalue weighted by Crippen LogP contribution is -2.34. The standard InChI is InChI=1S/C22H34F2O/c1-2-16-3-5-17(6-4-16)7-8-18-9-11-19(12-10-18)20-13-14-22(24,25)21(23)15-20/h13-19,21,25H,2-12H2,1H3. The van der Waals surface area contributed by atoms with Crippen LogP contribution in [-0.2, 0) is 0 Å². The predicted octanol–water partition coefficient (Wildman–Crippen LogP) is 6.28. The van der Waals surface area contributed by atoms with E-state index in [1.807, 2.05) is 0 Å². The van der Waals surface area contributed by atoms with Crippen molar-refractivity contribution in [2.45, 2.75) is 89.6 Å². The fourth-order valence-corrected chi connectivity index (χ4v) is 5.10. The topological polar surface area (TPSA) is 20.2 Å². The number of halogens is 2. The van der Waals surface area contributed by atoms with Crippen LogP contribution < -0.4 is 0 Å². The lowest BCUT2D eigenvalue weighted by atomic mass is 9.73. The van der Waals surface area contributed by atoms with E-state index in [-0.39, 0.29) is 0 Å². The van der Waals surface area contributed by atoms with Gasteiger partial charge in [-0.25, -0.2) is 8.78 Å². The lowest BCUT2D eigenvalue weighted by Gasteiger charge is -2.33. The van der Waals surface area contributed by atoms with Crippen molar-refractivity contribution in [1.82, 2.24) is 0 Å². The van der Waals surface area contributed by atoms with Crippen molar-refractivity contribution in [1.29, 1.82) is 0 Å². The molecular formula is C22H34F2O. The molecule has 2 unspecified atom stereocenters. The highest BCUT2D eigenvalue weighted by atomic mass is 19.2. The van der Waals surface area contributed by atoms with Gasteiger partial charge in [-0.15, -0.1) is 0 Å². The van der Waals surface area contributed by atoms with E-state index in [1.165, 1.54) is 63.9 Å². The second kappa shape index (κ2) is 8.33. The summed E-state index contributed by atoms with van der Waals surface area (Å²) in [7, 11) is 0. The number of rotatable bonds is 5. The monoisotopic (exact) mass is 352 g/mol. The first-order chi connectivity index (χ1) is 12.0. The highest BCUT2D eigenvalue weighted by molar-refractivity contribution is 5.31. The third-order valence-electron chi connectivity index (χ3n) is 7.08. The summed E-state index contributed by atoms with van der Waals surface area (Å²) in [5, 5.41) is 9.25. The van der Waals surface area contributed by atoms with Gasteiger partial charge in [0.1, 0.15) is 0 Å². The van der Waals surface area contributed by atoms with Crippen LogP contribution in [0.3, 0.4) is 0 Å². The number of hydrogen-bond donors (Lipinski definition) is 1. The molecule has 0 saturated heterocycles. The first-order valence-corrected chi connectivity index (χ1v) is 10.4. The van der Waals surface area contributed by atoms with Crippen molar-refractivity contribution in [3.05, 3.63) is 23.8 Å². The predicted molar refractivity (Wildman–Crippen MR) is 98.6 cm³/mol. The van der Waals surface area contributed by atoms with Gasteiger partial charge in [0.05, 0.1) is 0 Å². The molecule has 2 saturated carbocycles. The Labute approximate surface area is 151 Å². The average molecular weight is 353 g/mol. The summed E-state index contributed by atoms with van der Waals surface area (Å²) in [6.07, 6.45) is 16.3. The van der Waals surface area contributed by atoms with E-state index in [1.54, 1.807) is 6.08 Å². The maximum absolute atomic E-state index is 13.7. The summed E-state index contributed by atoms with van der Waals surface area (Å²) in [6.45, 7) is 2.32.